The molecule has 4 N–H and O–H groups in total. The number of ether oxygens (including phenoxy) is 1. The van der Waals surface area contributed by atoms with Crippen LogP contribution in [0, 0.1) is 0 Å². The van der Waals surface area contributed by atoms with Crippen molar-refractivity contribution < 1.29 is 19.4 Å². The predicted octanol–water partition coefficient (Wildman–Crippen LogP) is 5.40. The molecule has 6 nitrogen and oxygen atoms in total. The molecular weight excluding hydrogens is 416 g/mol. The zero-order valence-electron chi connectivity index (χ0n) is 20.3. The van der Waals surface area contributed by atoms with Gasteiger partial charge >= 0.3 is 0 Å². The third-order valence-corrected chi connectivity index (χ3v) is 6.08. The molecule has 0 saturated heterocycles. The minimum atomic E-state index is -0.0119. The van der Waals surface area contributed by atoms with Gasteiger partial charge in [-0.3, -0.25) is 0 Å². The van der Waals surface area contributed by atoms with Gasteiger partial charge in [-0.05, 0) is 61.2 Å². The van der Waals surface area contributed by atoms with Crippen molar-refractivity contribution in [1.82, 2.24) is 10.3 Å². The summed E-state index contributed by atoms with van der Waals surface area (Å²) in [6.45, 7) is 6.88. The summed E-state index contributed by atoms with van der Waals surface area (Å²) in [5.74, 6) is 2.84. The van der Waals surface area contributed by atoms with E-state index in [1.165, 1.54) is 5.56 Å². The maximum Gasteiger partial charge on any atom is 0.161 e. The van der Waals surface area contributed by atoms with Crippen molar-refractivity contribution >= 4 is 0 Å². The van der Waals surface area contributed by atoms with Crippen molar-refractivity contribution in [3.8, 4) is 11.5 Å². The minimum Gasteiger partial charge on any atom is -0.504 e. The highest BCUT2D eigenvalue weighted by Gasteiger charge is 2.16. The third kappa shape index (κ3) is 6.65. The largest absolute Gasteiger partial charge is 0.504 e. The van der Waals surface area contributed by atoms with E-state index in [4.69, 9.17) is 9.15 Å². The summed E-state index contributed by atoms with van der Waals surface area (Å²) < 4.78 is 12.0. The first-order valence-electron chi connectivity index (χ1n) is 12.0. The molecule has 0 amide bonds. The highest BCUT2D eigenvalue weighted by atomic mass is 16.5. The lowest BCUT2D eigenvalue weighted by molar-refractivity contribution is 0.259. The molecule has 1 atom stereocenters. The molecule has 2 aromatic heterocycles. The van der Waals surface area contributed by atoms with E-state index in [9.17, 15) is 10.2 Å². The fourth-order valence-electron chi connectivity index (χ4n) is 3.90. The highest BCUT2D eigenvalue weighted by molar-refractivity contribution is 5.42. The Balaban J connectivity index is 1.62. The number of nitrogens with one attached hydrogen (secondary N) is 2. The fourth-order valence-corrected chi connectivity index (χ4v) is 3.90. The molecule has 0 bridgehead atoms. The topological polar surface area (TPSA) is 90.7 Å². The number of hydrogen-bond acceptors (Lipinski definition) is 5. The molecule has 180 valence electrons. The van der Waals surface area contributed by atoms with Gasteiger partial charge in [0.2, 0.25) is 0 Å². The number of aromatic amines is 1. The van der Waals surface area contributed by atoms with Gasteiger partial charge < -0.3 is 29.7 Å². The number of hydrogen-bond donors (Lipinski definition) is 4. The van der Waals surface area contributed by atoms with Crippen molar-refractivity contribution in [3.63, 3.8) is 0 Å². The molecule has 1 aromatic carbocycles. The van der Waals surface area contributed by atoms with Crippen molar-refractivity contribution in [3.05, 3.63) is 70.4 Å². The molecular formula is C27H38N2O4. The molecule has 0 unspecified atom stereocenters. The first-order chi connectivity index (χ1) is 15.9. The summed E-state index contributed by atoms with van der Waals surface area (Å²) in [7, 11) is 1.90. The lowest BCUT2D eigenvalue weighted by Gasteiger charge is -2.17. The number of aromatic hydroxyl groups is 1. The average Bonchev–Trinajstić information content (AvgIpc) is 3.45. The van der Waals surface area contributed by atoms with E-state index in [1.807, 2.05) is 31.4 Å². The van der Waals surface area contributed by atoms with Crippen molar-refractivity contribution in [1.29, 1.82) is 0 Å². The van der Waals surface area contributed by atoms with Crippen LogP contribution in [-0.2, 0) is 25.9 Å². The second-order valence-electron chi connectivity index (χ2n) is 8.92. The Morgan fingerprint density at radius 1 is 1.12 bits per heavy atom. The van der Waals surface area contributed by atoms with Crippen molar-refractivity contribution in [2.24, 2.45) is 0 Å². The predicted molar refractivity (Wildman–Crippen MR) is 131 cm³/mol. The summed E-state index contributed by atoms with van der Waals surface area (Å²) in [5.41, 5.74) is 4.27. The number of likely N-dealkylation sites (N-methyl/N-ethyl adjacent to an activating group) is 1. The number of benzene rings is 1. The second kappa shape index (κ2) is 12.0. The molecule has 3 aromatic rings. The van der Waals surface area contributed by atoms with Crippen molar-refractivity contribution in [2.45, 2.75) is 71.4 Å². The van der Waals surface area contributed by atoms with Crippen LogP contribution >= 0.6 is 0 Å². The zero-order valence-corrected chi connectivity index (χ0v) is 20.3. The van der Waals surface area contributed by atoms with Crippen LogP contribution in [0.2, 0.25) is 0 Å². The Labute approximate surface area is 197 Å². The monoisotopic (exact) mass is 454 g/mol. The molecule has 0 aliphatic heterocycles. The fraction of sp³-hybridized carbons (Fsp3) is 0.481. The normalized spacial score (nSPS) is 12.4. The summed E-state index contributed by atoms with van der Waals surface area (Å²) >= 11 is 0. The molecule has 3 rings (SSSR count). The third-order valence-electron chi connectivity index (χ3n) is 6.08. The van der Waals surface area contributed by atoms with E-state index < -0.39 is 0 Å². The van der Waals surface area contributed by atoms with Gasteiger partial charge in [-0.25, -0.2) is 0 Å². The second-order valence-corrected chi connectivity index (χ2v) is 8.92. The van der Waals surface area contributed by atoms with Gasteiger partial charge in [0.05, 0.1) is 12.6 Å². The SMILES string of the molecule is CCCCc1oc(CCc2ccc(O)c(OC[C@H](NC)c3cc(C(C)C)c[nH]3)c2)cc1CO. The standard InChI is InChI=1S/C27H38N2O4/c1-5-6-7-26-21(16-30)13-22(33-26)10-8-19-9-11-25(31)27(12-19)32-17-24(28-4)23-14-20(15-29-23)18(2)3/h9,11-15,18,24,28-31H,5-8,10,16-17H2,1-4H3/t24-/m0/s1. The number of phenolic OH excluding ortho intramolecular Hbond substituents is 1. The lowest BCUT2D eigenvalue weighted by atomic mass is 10.1. The maximum atomic E-state index is 10.3. The van der Waals surface area contributed by atoms with E-state index in [1.54, 1.807) is 6.07 Å². The highest BCUT2D eigenvalue weighted by Crippen LogP contribution is 2.29. The van der Waals surface area contributed by atoms with Gasteiger partial charge in [0.1, 0.15) is 18.1 Å². The van der Waals surface area contributed by atoms with Gasteiger partial charge in [0.25, 0.3) is 0 Å². The van der Waals surface area contributed by atoms with Crippen LogP contribution in [0.1, 0.15) is 79.5 Å². The Kier molecular flexibility index (Phi) is 9.03. The van der Waals surface area contributed by atoms with E-state index in [-0.39, 0.29) is 18.4 Å². The van der Waals surface area contributed by atoms with Crippen LogP contribution in [0.4, 0.5) is 0 Å². The first kappa shape index (κ1) is 24.9. The lowest BCUT2D eigenvalue weighted by Crippen LogP contribution is -2.23. The van der Waals surface area contributed by atoms with Crippen molar-refractivity contribution in [2.75, 3.05) is 13.7 Å². The molecule has 0 saturated carbocycles. The summed E-state index contributed by atoms with van der Waals surface area (Å²) in [6, 6.07) is 9.59. The number of furan rings is 1. The van der Waals surface area contributed by atoms with E-state index >= 15 is 0 Å². The Morgan fingerprint density at radius 2 is 1.94 bits per heavy atom. The molecule has 33 heavy (non-hydrogen) atoms. The van der Waals surface area contributed by atoms with Crippen LogP contribution in [0.25, 0.3) is 0 Å². The van der Waals surface area contributed by atoms with E-state index in [2.05, 4.69) is 37.1 Å². The molecule has 0 radical (unpaired) electrons. The van der Waals surface area contributed by atoms with Gasteiger partial charge in [-0.15, -0.1) is 0 Å². The molecule has 0 spiro atoms. The Hall–Kier alpha value is -2.70. The number of unbranched alkanes of at least 4 members (excludes halogenated alkanes) is 1. The van der Waals surface area contributed by atoms with E-state index in [0.717, 1.165) is 60.4 Å². The summed E-state index contributed by atoms with van der Waals surface area (Å²) in [6.07, 6.45) is 6.51. The Morgan fingerprint density at radius 3 is 2.61 bits per heavy atom. The summed E-state index contributed by atoms with van der Waals surface area (Å²) in [5, 5.41) is 23.2. The maximum absolute atomic E-state index is 10.3. The van der Waals surface area contributed by atoms with Gasteiger partial charge in [-0.1, -0.05) is 33.3 Å². The number of aryl methyl sites for hydroxylation is 3. The molecule has 2 heterocycles. The minimum absolute atomic E-state index is 0.00580. The number of aliphatic hydroxyl groups excluding tert-OH is 1. The average molecular weight is 455 g/mol. The number of aromatic nitrogens is 1. The van der Waals surface area contributed by atoms with Gasteiger partial charge in [0, 0.05) is 30.3 Å². The van der Waals surface area contributed by atoms with Gasteiger partial charge in [0.15, 0.2) is 11.5 Å². The number of aliphatic hydroxyl groups is 1. The zero-order chi connectivity index (χ0) is 23.8. The van der Waals surface area contributed by atoms with Crippen LogP contribution in [0.3, 0.4) is 0 Å². The number of H-pyrrole nitrogens is 1. The summed E-state index contributed by atoms with van der Waals surface area (Å²) in [4.78, 5) is 3.33. The Bertz CT molecular complexity index is 1010. The smallest absolute Gasteiger partial charge is 0.161 e. The van der Waals surface area contributed by atoms with Crippen LogP contribution < -0.4 is 10.1 Å². The molecule has 0 aliphatic carbocycles. The number of phenols is 1. The van der Waals surface area contributed by atoms with Gasteiger partial charge in [-0.2, -0.15) is 0 Å². The van der Waals surface area contributed by atoms with Crippen LogP contribution in [-0.4, -0.2) is 28.9 Å². The van der Waals surface area contributed by atoms with Crippen LogP contribution in [0.5, 0.6) is 11.5 Å². The van der Waals surface area contributed by atoms with E-state index in [0.29, 0.717) is 18.3 Å². The number of rotatable bonds is 13. The molecule has 6 heteroatoms. The van der Waals surface area contributed by atoms with Crippen LogP contribution in [0.15, 0.2) is 40.9 Å². The molecule has 0 fully saturated rings. The quantitative estimate of drug-likeness (QED) is 0.278. The molecule has 0 aliphatic rings. The first-order valence-corrected chi connectivity index (χ1v) is 12.0.